The van der Waals surface area contributed by atoms with Crippen LogP contribution in [0, 0.1) is 16.7 Å². The van der Waals surface area contributed by atoms with Crippen molar-refractivity contribution in [1.29, 1.82) is 0 Å². The number of benzene rings is 1. The lowest BCUT2D eigenvalue weighted by Crippen LogP contribution is -2.54. The molecule has 2 fully saturated rings. The molecule has 1 saturated heterocycles. The summed E-state index contributed by atoms with van der Waals surface area (Å²) in [6.07, 6.45) is 7.10. The van der Waals surface area contributed by atoms with Crippen molar-refractivity contribution in [2.24, 2.45) is 16.7 Å². The molecule has 202 valence electrons. The Hall–Kier alpha value is -0.993. The van der Waals surface area contributed by atoms with Gasteiger partial charge < -0.3 is 13.9 Å². The standard InChI is InChI=1S/C29H46O5SSi/c1-26(2,3)36(7,8)34-25-14-15-28(6)16-17-29(32-18-19-33-29)20-23(28)24(21-27(25,4)5)35(30,31)22-12-10-9-11-13-22/h9-15,23-25H,16-21H2,1-8H3/t23-,24-,25+,28-/m0/s1. The minimum absolute atomic E-state index is 0.0651. The average molecular weight is 535 g/mol. The molecule has 0 radical (unpaired) electrons. The minimum atomic E-state index is -3.61. The molecule has 0 N–H and O–H groups in total. The van der Waals surface area contributed by atoms with Crippen molar-refractivity contribution >= 4 is 18.2 Å². The van der Waals surface area contributed by atoms with E-state index in [1.54, 1.807) is 12.1 Å². The highest BCUT2D eigenvalue weighted by molar-refractivity contribution is 7.92. The Kier molecular flexibility index (Phi) is 7.27. The van der Waals surface area contributed by atoms with Gasteiger partial charge in [-0.2, -0.15) is 0 Å². The predicted molar refractivity (Wildman–Crippen MR) is 147 cm³/mol. The van der Waals surface area contributed by atoms with E-state index in [9.17, 15) is 8.42 Å². The Morgan fingerprint density at radius 2 is 1.58 bits per heavy atom. The molecule has 1 aliphatic heterocycles. The van der Waals surface area contributed by atoms with Crippen molar-refractivity contribution in [3.8, 4) is 0 Å². The fraction of sp³-hybridized carbons (Fsp3) is 0.724. The summed E-state index contributed by atoms with van der Waals surface area (Å²) in [5.74, 6) is -0.790. The summed E-state index contributed by atoms with van der Waals surface area (Å²) in [7, 11) is -5.70. The van der Waals surface area contributed by atoms with Crippen LogP contribution in [0.5, 0.6) is 0 Å². The number of hydrogen-bond donors (Lipinski definition) is 0. The number of hydrogen-bond acceptors (Lipinski definition) is 5. The van der Waals surface area contributed by atoms with Gasteiger partial charge in [0, 0.05) is 12.8 Å². The quantitative estimate of drug-likeness (QED) is 0.316. The molecule has 7 heteroatoms. The molecule has 0 amide bonds. The number of rotatable bonds is 4. The monoisotopic (exact) mass is 534 g/mol. The normalized spacial score (nSPS) is 32.6. The van der Waals surface area contributed by atoms with Crippen molar-refractivity contribution in [1.82, 2.24) is 0 Å². The zero-order valence-electron chi connectivity index (χ0n) is 23.5. The van der Waals surface area contributed by atoms with Crippen LogP contribution in [0.25, 0.3) is 0 Å². The fourth-order valence-corrected chi connectivity index (χ4v) is 9.75. The second kappa shape index (κ2) is 9.33. The first-order chi connectivity index (χ1) is 16.5. The Labute approximate surface area is 220 Å². The van der Waals surface area contributed by atoms with Gasteiger partial charge in [-0.3, -0.25) is 0 Å². The smallest absolute Gasteiger partial charge is 0.192 e. The van der Waals surface area contributed by atoms with Crippen LogP contribution in [0.3, 0.4) is 0 Å². The van der Waals surface area contributed by atoms with Gasteiger partial charge in [-0.1, -0.05) is 71.9 Å². The molecule has 0 aromatic heterocycles. The van der Waals surface area contributed by atoms with Crippen molar-refractivity contribution in [3.63, 3.8) is 0 Å². The molecule has 1 heterocycles. The van der Waals surface area contributed by atoms with Gasteiger partial charge in [0.05, 0.1) is 29.5 Å². The van der Waals surface area contributed by atoms with Crippen LogP contribution in [0.2, 0.25) is 18.1 Å². The predicted octanol–water partition coefficient (Wildman–Crippen LogP) is 6.75. The topological polar surface area (TPSA) is 61.8 Å². The van der Waals surface area contributed by atoms with E-state index in [-0.39, 0.29) is 27.9 Å². The first-order valence-electron chi connectivity index (χ1n) is 13.5. The third-order valence-corrected chi connectivity index (χ3v) is 16.2. The van der Waals surface area contributed by atoms with Crippen LogP contribution in [0.1, 0.15) is 67.2 Å². The first kappa shape index (κ1) is 28.0. The third-order valence-electron chi connectivity index (χ3n) is 9.53. The van der Waals surface area contributed by atoms with E-state index in [4.69, 9.17) is 13.9 Å². The lowest BCUT2D eigenvalue weighted by molar-refractivity contribution is -0.202. The van der Waals surface area contributed by atoms with E-state index < -0.39 is 29.2 Å². The van der Waals surface area contributed by atoms with Crippen molar-refractivity contribution < 1.29 is 22.3 Å². The van der Waals surface area contributed by atoms with Crippen LogP contribution in [-0.4, -0.2) is 47.1 Å². The molecular weight excluding hydrogens is 488 g/mol. The van der Waals surface area contributed by atoms with Crippen LogP contribution >= 0.6 is 0 Å². The van der Waals surface area contributed by atoms with E-state index in [1.807, 2.05) is 18.2 Å². The van der Waals surface area contributed by atoms with Gasteiger partial charge in [-0.25, -0.2) is 8.42 Å². The second-order valence-electron chi connectivity index (χ2n) is 13.7. The Morgan fingerprint density at radius 3 is 2.17 bits per heavy atom. The largest absolute Gasteiger partial charge is 0.410 e. The van der Waals surface area contributed by atoms with Gasteiger partial charge in [0.15, 0.2) is 23.9 Å². The van der Waals surface area contributed by atoms with E-state index in [2.05, 4.69) is 66.8 Å². The number of fused-ring (bicyclic) bond motifs is 1. The summed E-state index contributed by atoms with van der Waals surface area (Å²) < 4.78 is 48.0. The molecule has 3 aliphatic rings. The molecule has 1 saturated carbocycles. The highest BCUT2D eigenvalue weighted by Crippen LogP contribution is 2.55. The molecular formula is C29H46O5SSi. The fourth-order valence-electron chi connectivity index (χ4n) is 5.99. The Balaban J connectivity index is 1.82. The number of sulfone groups is 1. The van der Waals surface area contributed by atoms with E-state index in [0.29, 0.717) is 31.0 Å². The maximum atomic E-state index is 14.4. The van der Waals surface area contributed by atoms with Gasteiger partial charge in [0.25, 0.3) is 0 Å². The summed E-state index contributed by atoms with van der Waals surface area (Å²) in [4.78, 5) is 0.396. The molecule has 1 spiro atoms. The van der Waals surface area contributed by atoms with Crippen molar-refractivity contribution in [2.45, 2.75) is 107 Å². The van der Waals surface area contributed by atoms with Crippen LogP contribution < -0.4 is 0 Å². The van der Waals surface area contributed by atoms with Crippen molar-refractivity contribution in [2.75, 3.05) is 13.2 Å². The van der Waals surface area contributed by atoms with E-state index in [1.165, 1.54) is 0 Å². The van der Waals surface area contributed by atoms with Gasteiger partial charge in [0.2, 0.25) is 0 Å². The Bertz CT molecular complexity index is 1070. The van der Waals surface area contributed by atoms with Gasteiger partial charge in [0.1, 0.15) is 0 Å². The molecule has 4 atom stereocenters. The first-order valence-corrected chi connectivity index (χ1v) is 17.9. The maximum absolute atomic E-state index is 14.4. The molecule has 0 unspecified atom stereocenters. The molecule has 0 bridgehead atoms. The van der Waals surface area contributed by atoms with Gasteiger partial charge in [-0.15, -0.1) is 0 Å². The van der Waals surface area contributed by atoms with Gasteiger partial charge >= 0.3 is 0 Å². The minimum Gasteiger partial charge on any atom is -0.410 e. The molecule has 4 rings (SSSR count). The molecule has 2 aliphatic carbocycles. The summed E-state index contributed by atoms with van der Waals surface area (Å²) in [6.45, 7) is 19.0. The third kappa shape index (κ3) is 5.15. The van der Waals surface area contributed by atoms with Crippen LogP contribution in [-0.2, 0) is 23.7 Å². The summed E-state index contributed by atoms with van der Waals surface area (Å²) in [6, 6.07) is 8.97. The summed E-state index contributed by atoms with van der Waals surface area (Å²) in [5.41, 5.74) is -0.666. The summed E-state index contributed by atoms with van der Waals surface area (Å²) >= 11 is 0. The maximum Gasteiger partial charge on any atom is 0.192 e. The number of allylic oxidation sites excluding steroid dienone is 1. The summed E-state index contributed by atoms with van der Waals surface area (Å²) in [5, 5.41) is -0.504. The lowest BCUT2D eigenvalue weighted by Gasteiger charge is -2.53. The molecule has 5 nitrogen and oxygen atoms in total. The molecule has 36 heavy (non-hydrogen) atoms. The lowest BCUT2D eigenvalue weighted by atomic mass is 9.60. The zero-order valence-corrected chi connectivity index (χ0v) is 25.3. The zero-order chi connectivity index (χ0) is 26.6. The molecule has 1 aromatic carbocycles. The highest BCUT2D eigenvalue weighted by Gasteiger charge is 2.56. The average Bonchev–Trinajstić information content (AvgIpc) is 3.24. The highest BCUT2D eigenvalue weighted by atomic mass is 32.2. The van der Waals surface area contributed by atoms with E-state index >= 15 is 0 Å². The second-order valence-corrected chi connectivity index (χ2v) is 20.6. The SMILES string of the molecule is CC1(C)C[C@H](S(=O)(=O)c2ccccc2)[C@@H]2CC3(CC[C@]2(C)C=C[C@H]1O[Si](C)(C)C(C)(C)C)OCCO3. The van der Waals surface area contributed by atoms with Crippen LogP contribution in [0.15, 0.2) is 47.4 Å². The van der Waals surface area contributed by atoms with E-state index in [0.717, 1.165) is 12.8 Å². The van der Waals surface area contributed by atoms with Crippen molar-refractivity contribution in [3.05, 3.63) is 42.5 Å². The van der Waals surface area contributed by atoms with Gasteiger partial charge in [-0.05, 0) is 59.9 Å². The number of ether oxygens (including phenoxy) is 2. The van der Waals surface area contributed by atoms with Crippen LogP contribution in [0.4, 0.5) is 0 Å². The molecule has 1 aromatic rings. The Morgan fingerprint density at radius 1 is 0.972 bits per heavy atom.